The Hall–Kier alpha value is -1.80. The number of hydrogen-bond acceptors (Lipinski definition) is 4. The van der Waals surface area contributed by atoms with Gasteiger partial charge in [-0.2, -0.15) is 13.2 Å². The van der Waals surface area contributed by atoms with Crippen LogP contribution in [0.2, 0.25) is 5.02 Å². The number of rotatable bonds is 3. The second-order valence-electron chi connectivity index (χ2n) is 4.96. The van der Waals surface area contributed by atoms with Gasteiger partial charge in [0.05, 0.1) is 17.3 Å². The lowest BCUT2D eigenvalue weighted by Crippen LogP contribution is -2.47. The molecule has 0 aliphatic carbocycles. The van der Waals surface area contributed by atoms with Crippen molar-refractivity contribution in [2.75, 3.05) is 18.4 Å². The number of amides is 1. The van der Waals surface area contributed by atoms with E-state index in [2.05, 4.69) is 16.9 Å². The fourth-order valence-electron chi connectivity index (χ4n) is 2.04. The van der Waals surface area contributed by atoms with Crippen molar-refractivity contribution in [2.45, 2.75) is 18.2 Å². The first-order chi connectivity index (χ1) is 10.1. The Morgan fingerprint density at radius 1 is 1.50 bits per heavy atom. The van der Waals surface area contributed by atoms with Crippen molar-refractivity contribution in [2.24, 2.45) is 0 Å². The van der Waals surface area contributed by atoms with Gasteiger partial charge in [-0.3, -0.25) is 4.79 Å². The number of carbonyl (C=O) groups excluding carboxylic acids is 1. The molecule has 120 valence electrons. The molecule has 0 unspecified atom stereocenters. The molecule has 1 atom stereocenters. The average molecular weight is 336 g/mol. The monoisotopic (exact) mass is 335 g/mol. The Kier molecular flexibility index (Phi) is 4.35. The summed E-state index contributed by atoms with van der Waals surface area (Å²) in [6.45, 7) is 2.64. The molecular formula is C13H13ClF3N3O2. The van der Waals surface area contributed by atoms with Gasteiger partial charge in [-0.05, 0) is 12.1 Å². The average Bonchev–Trinajstić information content (AvgIpc) is 2.84. The van der Waals surface area contributed by atoms with E-state index in [-0.39, 0.29) is 18.1 Å². The van der Waals surface area contributed by atoms with Crippen LogP contribution in [0.1, 0.15) is 6.42 Å². The molecule has 0 radical (unpaired) electrons. The Morgan fingerprint density at radius 3 is 2.68 bits per heavy atom. The zero-order chi connectivity index (χ0) is 16.5. The van der Waals surface area contributed by atoms with Crippen LogP contribution in [-0.4, -0.2) is 45.8 Å². The summed E-state index contributed by atoms with van der Waals surface area (Å²) in [5.74, 6) is -0.498. The highest BCUT2D eigenvalue weighted by Gasteiger charge is 2.57. The number of anilines is 1. The minimum Gasteiger partial charge on any atom is -0.379 e. The number of likely N-dealkylation sites (tertiary alicyclic amines) is 1. The number of nitrogens with zero attached hydrogens (tertiary/aromatic N) is 2. The van der Waals surface area contributed by atoms with Crippen LogP contribution >= 0.6 is 11.6 Å². The zero-order valence-electron chi connectivity index (χ0n) is 11.3. The van der Waals surface area contributed by atoms with E-state index >= 15 is 0 Å². The number of pyridine rings is 1. The number of hydrogen-bond donors (Lipinski definition) is 2. The van der Waals surface area contributed by atoms with Crippen molar-refractivity contribution in [1.29, 1.82) is 0 Å². The molecule has 2 rings (SSSR count). The molecule has 9 heteroatoms. The van der Waals surface area contributed by atoms with E-state index in [0.29, 0.717) is 5.02 Å². The van der Waals surface area contributed by atoms with Crippen molar-refractivity contribution in [1.82, 2.24) is 9.88 Å². The van der Waals surface area contributed by atoms with E-state index in [1.165, 1.54) is 18.3 Å². The summed E-state index contributed by atoms with van der Waals surface area (Å²) in [6.07, 6.45) is -3.95. The standard InChI is InChI=1S/C13H13ClF3N3O2/c1-8(11(21)19-10-3-2-9(14)6-18-10)20-5-4-12(22,7-20)13(15,16)17/h2-3,6,22H,1,4-5,7H2,(H,18,19,21)/t12-/m0/s1. The first kappa shape index (κ1) is 16.6. The predicted octanol–water partition coefficient (Wildman–Crippen LogP) is 2.19. The van der Waals surface area contributed by atoms with Crippen LogP contribution in [0.25, 0.3) is 0 Å². The minimum atomic E-state index is -4.75. The fraction of sp³-hybridized carbons (Fsp3) is 0.385. The molecule has 1 aliphatic rings. The summed E-state index contributed by atoms with van der Waals surface area (Å²) in [7, 11) is 0. The second kappa shape index (κ2) is 5.77. The molecule has 2 N–H and O–H groups in total. The highest BCUT2D eigenvalue weighted by molar-refractivity contribution is 6.30. The molecule has 1 aliphatic heterocycles. The molecule has 2 heterocycles. The van der Waals surface area contributed by atoms with Crippen LogP contribution in [0, 0.1) is 0 Å². The van der Waals surface area contributed by atoms with Crippen molar-refractivity contribution in [3.63, 3.8) is 0 Å². The van der Waals surface area contributed by atoms with E-state index in [1.54, 1.807) is 0 Å². The molecule has 1 amide bonds. The van der Waals surface area contributed by atoms with E-state index in [9.17, 15) is 23.1 Å². The van der Waals surface area contributed by atoms with E-state index < -0.39 is 30.7 Å². The first-order valence-corrected chi connectivity index (χ1v) is 6.66. The maximum Gasteiger partial charge on any atom is 0.418 e. The van der Waals surface area contributed by atoms with Gasteiger partial charge in [0, 0.05) is 19.2 Å². The van der Waals surface area contributed by atoms with Crippen molar-refractivity contribution >= 4 is 23.3 Å². The second-order valence-corrected chi connectivity index (χ2v) is 5.40. The van der Waals surface area contributed by atoms with Crippen LogP contribution in [0.3, 0.4) is 0 Å². The molecule has 1 aromatic rings. The Balaban J connectivity index is 2.00. The number of halogens is 4. The molecule has 0 saturated carbocycles. The van der Waals surface area contributed by atoms with E-state index in [1.807, 2.05) is 0 Å². The van der Waals surface area contributed by atoms with Gasteiger partial charge in [-0.25, -0.2) is 4.98 Å². The van der Waals surface area contributed by atoms with Gasteiger partial charge in [-0.15, -0.1) is 0 Å². The normalized spacial score (nSPS) is 21.8. The number of β-amino-alcohol motifs (C(OH)–C–C–N with tert-alkyl or cyclic N) is 1. The molecule has 0 bridgehead atoms. The zero-order valence-corrected chi connectivity index (χ0v) is 12.1. The third-order valence-corrected chi connectivity index (χ3v) is 3.61. The molecule has 1 fully saturated rings. The number of aliphatic hydroxyl groups is 1. The summed E-state index contributed by atoms with van der Waals surface area (Å²) in [6, 6.07) is 2.95. The van der Waals surface area contributed by atoms with Crippen LogP contribution < -0.4 is 5.32 Å². The Bertz CT molecular complexity index is 591. The first-order valence-electron chi connectivity index (χ1n) is 6.28. The Labute approximate surface area is 129 Å². The van der Waals surface area contributed by atoms with Gasteiger partial charge in [0.2, 0.25) is 0 Å². The maximum absolute atomic E-state index is 12.7. The van der Waals surface area contributed by atoms with E-state index in [0.717, 1.165) is 4.90 Å². The van der Waals surface area contributed by atoms with Crippen molar-refractivity contribution in [3.05, 3.63) is 35.6 Å². The number of carbonyl (C=O) groups is 1. The van der Waals surface area contributed by atoms with Gasteiger partial charge in [0.25, 0.3) is 5.91 Å². The summed E-state index contributed by atoms with van der Waals surface area (Å²) in [5.41, 5.74) is -2.99. The largest absolute Gasteiger partial charge is 0.418 e. The van der Waals surface area contributed by atoms with Gasteiger partial charge in [-0.1, -0.05) is 18.2 Å². The van der Waals surface area contributed by atoms with Crippen LogP contribution in [0.4, 0.5) is 19.0 Å². The van der Waals surface area contributed by atoms with Gasteiger partial charge in [0.15, 0.2) is 5.60 Å². The van der Waals surface area contributed by atoms with Crippen molar-refractivity contribution < 1.29 is 23.1 Å². The molecule has 22 heavy (non-hydrogen) atoms. The van der Waals surface area contributed by atoms with E-state index in [4.69, 9.17) is 11.6 Å². The highest BCUT2D eigenvalue weighted by atomic mass is 35.5. The summed E-state index contributed by atoms with van der Waals surface area (Å²) >= 11 is 5.65. The molecule has 1 aromatic heterocycles. The lowest BCUT2D eigenvalue weighted by atomic mass is 10.0. The summed E-state index contributed by atoms with van der Waals surface area (Å²) in [5, 5.41) is 12.4. The van der Waals surface area contributed by atoms with Gasteiger partial charge in [0.1, 0.15) is 5.82 Å². The van der Waals surface area contributed by atoms with Gasteiger partial charge < -0.3 is 15.3 Å². The van der Waals surface area contributed by atoms with Crippen LogP contribution in [-0.2, 0) is 4.79 Å². The number of alkyl halides is 3. The summed E-state index contributed by atoms with van der Waals surface area (Å²) in [4.78, 5) is 16.9. The molecule has 1 saturated heterocycles. The lowest BCUT2D eigenvalue weighted by Gasteiger charge is -2.27. The minimum absolute atomic E-state index is 0.115. The number of aromatic nitrogens is 1. The Morgan fingerprint density at radius 2 is 2.18 bits per heavy atom. The van der Waals surface area contributed by atoms with Crippen LogP contribution in [0.15, 0.2) is 30.6 Å². The highest BCUT2D eigenvalue weighted by Crippen LogP contribution is 2.38. The molecular weight excluding hydrogens is 323 g/mol. The smallest absolute Gasteiger partial charge is 0.379 e. The topological polar surface area (TPSA) is 65.5 Å². The SMILES string of the molecule is C=C(C(=O)Nc1ccc(Cl)cn1)N1CC[C@@](O)(C(F)(F)F)C1. The van der Waals surface area contributed by atoms with Gasteiger partial charge >= 0.3 is 6.18 Å². The molecule has 5 nitrogen and oxygen atoms in total. The quantitative estimate of drug-likeness (QED) is 0.831. The predicted molar refractivity (Wildman–Crippen MR) is 74.2 cm³/mol. The third kappa shape index (κ3) is 3.33. The maximum atomic E-state index is 12.7. The molecule has 0 aromatic carbocycles. The fourth-order valence-corrected chi connectivity index (χ4v) is 2.15. The third-order valence-electron chi connectivity index (χ3n) is 3.39. The van der Waals surface area contributed by atoms with Crippen LogP contribution in [0.5, 0.6) is 0 Å². The molecule has 0 spiro atoms. The van der Waals surface area contributed by atoms with Crippen molar-refractivity contribution in [3.8, 4) is 0 Å². The number of nitrogens with one attached hydrogen (secondary N) is 1. The lowest BCUT2D eigenvalue weighted by molar-refractivity contribution is -0.253. The summed E-state index contributed by atoms with van der Waals surface area (Å²) < 4.78 is 38.2.